The minimum absolute atomic E-state index is 0. The van der Waals surface area contributed by atoms with E-state index in [0.29, 0.717) is 12.0 Å². The van der Waals surface area contributed by atoms with E-state index in [1.807, 2.05) is 11.6 Å². The van der Waals surface area contributed by atoms with Crippen LogP contribution in [0.1, 0.15) is 50.4 Å². The lowest BCUT2D eigenvalue weighted by Gasteiger charge is -2.31. The molecule has 1 heterocycles. The fourth-order valence-corrected chi connectivity index (χ4v) is 3.48. The monoisotopic (exact) mass is 504 g/mol. The van der Waals surface area contributed by atoms with E-state index in [1.54, 1.807) is 19.0 Å². The molecule has 2 unspecified atom stereocenters. The van der Waals surface area contributed by atoms with Gasteiger partial charge in [-0.3, -0.25) is 9.48 Å². The zero-order valence-corrected chi connectivity index (χ0v) is 20.3. The molecule has 0 bridgehead atoms. The van der Waals surface area contributed by atoms with E-state index >= 15 is 0 Å². The number of rotatable bonds is 7. The fraction of sp³-hybridized carbons (Fsp3) is 0.750. The molecule has 1 aliphatic carbocycles. The van der Waals surface area contributed by atoms with Crippen molar-refractivity contribution in [1.29, 1.82) is 0 Å². The zero-order valence-electron chi connectivity index (χ0n) is 18.0. The van der Waals surface area contributed by atoms with Crippen molar-refractivity contribution < 1.29 is 4.79 Å². The summed E-state index contributed by atoms with van der Waals surface area (Å²) >= 11 is 0. The zero-order chi connectivity index (χ0) is 19.8. The Kier molecular flexibility index (Phi) is 10.8. The molecule has 0 radical (unpaired) electrons. The number of halogens is 1. The van der Waals surface area contributed by atoms with Crippen molar-refractivity contribution in [2.45, 2.75) is 65.5 Å². The van der Waals surface area contributed by atoms with Crippen molar-refractivity contribution in [3.8, 4) is 0 Å². The number of hydrogen-bond donors (Lipinski definition) is 2. The number of aromatic nitrogens is 2. The molecule has 160 valence electrons. The molecule has 28 heavy (non-hydrogen) atoms. The maximum absolute atomic E-state index is 11.9. The minimum Gasteiger partial charge on any atom is -0.356 e. The van der Waals surface area contributed by atoms with Gasteiger partial charge in [0, 0.05) is 38.9 Å². The van der Waals surface area contributed by atoms with Gasteiger partial charge in [0.15, 0.2) is 5.96 Å². The SMILES string of the molecule is Cc1cc(C)n(CCCNC(=NCC(=O)N(C)C)NC2CCCCC2C)n1.I. The van der Waals surface area contributed by atoms with Crippen molar-refractivity contribution in [2.24, 2.45) is 10.9 Å². The molecule has 0 saturated heterocycles. The average Bonchev–Trinajstić information content (AvgIpc) is 2.94. The molecule has 2 rings (SSSR count). The first-order valence-corrected chi connectivity index (χ1v) is 10.1. The van der Waals surface area contributed by atoms with Gasteiger partial charge in [0.25, 0.3) is 0 Å². The van der Waals surface area contributed by atoms with Crippen LogP contribution in [0.3, 0.4) is 0 Å². The van der Waals surface area contributed by atoms with Crippen LogP contribution in [0.4, 0.5) is 0 Å². The van der Waals surface area contributed by atoms with Gasteiger partial charge in [-0.05, 0) is 45.1 Å². The van der Waals surface area contributed by atoms with E-state index in [4.69, 9.17) is 0 Å². The Hall–Kier alpha value is -1.32. The van der Waals surface area contributed by atoms with Crippen LogP contribution in [-0.4, -0.2) is 59.8 Å². The van der Waals surface area contributed by atoms with Crippen LogP contribution in [0.5, 0.6) is 0 Å². The molecule has 0 aliphatic heterocycles. The summed E-state index contributed by atoms with van der Waals surface area (Å²) in [5.41, 5.74) is 2.24. The van der Waals surface area contributed by atoms with E-state index in [9.17, 15) is 4.79 Å². The number of guanidine groups is 1. The summed E-state index contributed by atoms with van der Waals surface area (Å²) in [5, 5.41) is 11.5. The predicted octanol–water partition coefficient (Wildman–Crippen LogP) is 2.71. The van der Waals surface area contributed by atoms with Gasteiger partial charge >= 0.3 is 0 Å². The van der Waals surface area contributed by atoms with Gasteiger partial charge in [-0.1, -0.05) is 19.8 Å². The minimum atomic E-state index is 0. The third kappa shape index (κ3) is 7.97. The van der Waals surface area contributed by atoms with Gasteiger partial charge in [-0.2, -0.15) is 5.10 Å². The lowest BCUT2D eigenvalue weighted by atomic mass is 9.86. The second kappa shape index (κ2) is 12.3. The maximum Gasteiger partial charge on any atom is 0.243 e. The number of carbonyl (C=O) groups excluding carboxylic acids is 1. The maximum atomic E-state index is 11.9. The smallest absolute Gasteiger partial charge is 0.243 e. The number of nitrogens with zero attached hydrogens (tertiary/aromatic N) is 4. The van der Waals surface area contributed by atoms with Crippen LogP contribution >= 0.6 is 24.0 Å². The van der Waals surface area contributed by atoms with Crippen molar-refractivity contribution in [1.82, 2.24) is 25.3 Å². The molecular weight excluding hydrogens is 467 g/mol. The summed E-state index contributed by atoms with van der Waals surface area (Å²) < 4.78 is 2.04. The number of aliphatic imine (C=N–C) groups is 1. The molecule has 1 fully saturated rings. The number of amides is 1. The number of carbonyl (C=O) groups is 1. The molecular formula is C20H37IN6O. The van der Waals surface area contributed by atoms with Crippen LogP contribution in [0.25, 0.3) is 0 Å². The summed E-state index contributed by atoms with van der Waals surface area (Å²) in [5.74, 6) is 1.39. The first-order chi connectivity index (χ1) is 12.9. The molecule has 0 aromatic carbocycles. The Morgan fingerprint density at radius 1 is 1.32 bits per heavy atom. The van der Waals surface area contributed by atoms with E-state index in [1.165, 1.54) is 25.0 Å². The molecule has 2 N–H and O–H groups in total. The summed E-state index contributed by atoms with van der Waals surface area (Å²) in [6, 6.07) is 2.52. The normalized spacial score (nSPS) is 19.7. The number of nitrogens with one attached hydrogen (secondary N) is 2. The quantitative estimate of drug-likeness (QED) is 0.259. The molecule has 8 heteroatoms. The standard InChI is InChI=1S/C20H36N6O.HI/c1-15-9-6-7-10-18(15)23-20(22-14-19(27)25(4)5)21-11-8-12-26-17(3)13-16(2)24-26;/h13,15,18H,6-12,14H2,1-5H3,(H2,21,22,23);1H. The van der Waals surface area contributed by atoms with Crippen molar-refractivity contribution in [2.75, 3.05) is 27.2 Å². The fourth-order valence-electron chi connectivity index (χ4n) is 3.48. The lowest BCUT2D eigenvalue weighted by molar-refractivity contribution is -0.127. The van der Waals surface area contributed by atoms with Crippen molar-refractivity contribution in [3.05, 3.63) is 17.5 Å². The Bertz CT molecular complexity index is 643. The van der Waals surface area contributed by atoms with E-state index in [0.717, 1.165) is 37.6 Å². The topological polar surface area (TPSA) is 74.6 Å². The van der Waals surface area contributed by atoms with Gasteiger partial charge in [0.05, 0.1) is 5.69 Å². The van der Waals surface area contributed by atoms with Crippen molar-refractivity contribution in [3.63, 3.8) is 0 Å². The summed E-state index contributed by atoms with van der Waals surface area (Å²) in [7, 11) is 3.52. The van der Waals surface area contributed by atoms with Crippen LogP contribution in [0.15, 0.2) is 11.1 Å². The largest absolute Gasteiger partial charge is 0.356 e. The first-order valence-electron chi connectivity index (χ1n) is 10.1. The van der Waals surface area contributed by atoms with Gasteiger partial charge in [0.2, 0.25) is 5.91 Å². The molecule has 1 aromatic heterocycles. The molecule has 1 aromatic rings. The van der Waals surface area contributed by atoms with Gasteiger partial charge in [0.1, 0.15) is 6.54 Å². The number of hydrogen-bond acceptors (Lipinski definition) is 3. The highest BCUT2D eigenvalue weighted by Crippen LogP contribution is 2.23. The van der Waals surface area contributed by atoms with Crippen LogP contribution in [-0.2, 0) is 11.3 Å². The lowest BCUT2D eigenvalue weighted by Crippen LogP contribution is -2.48. The van der Waals surface area contributed by atoms with Gasteiger partial charge in [-0.15, -0.1) is 24.0 Å². The molecule has 2 atom stereocenters. The molecule has 1 amide bonds. The molecule has 7 nitrogen and oxygen atoms in total. The second-order valence-electron chi connectivity index (χ2n) is 7.90. The van der Waals surface area contributed by atoms with Crippen LogP contribution in [0.2, 0.25) is 0 Å². The summed E-state index contributed by atoms with van der Waals surface area (Å²) in [6.07, 6.45) is 5.92. The van der Waals surface area contributed by atoms with Crippen molar-refractivity contribution >= 4 is 35.8 Å². The Morgan fingerprint density at radius 3 is 2.64 bits per heavy atom. The van der Waals surface area contributed by atoms with E-state index in [-0.39, 0.29) is 36.4 Å². The van der Waals surface area contributed by atoms with Gasteiger partial charge < -0.3 is 15.5 Å². The van der Waals surface area contributed by atoms with E-state index < -0.39 is 0 Å². The Balaban J connectivity index is 0.00000392. The first kappa shape index (κ1) is 24.7. The molecule has 1 aliphatic rings. The van der Waals surface area contributed by atoms with E-state index in [2.05, 4.69) is 40.6 Å². The second-order valence-corrected chi connectivity index (χ2v) is 7.90. The predicted molar refractivity (Wildman–Crippen MR) is 125 cm³/mol. The number of aryl methyl sites for hydroxylation is 3. The molecule has 1 saturated carbocycles. The number of likely N-dealkylation sites (N-methyl/N-ethyl adjacent to an activating group) is 1. The highest BCUT2D eigenvalue weighted by molar-refractivity contribution is 14.0. The highest BCUT2D eigenvalue weighted by Gasteiger charge is 2.22. The summed E-state index contributed by atoms with van der Waals surface area (Å²) in [4.78, 5) is 18.0. The van der Waals surface area contributed by atoms with Gasteiger partial charge in [-0.25, -0.2) is 4.99 Å². The Morgan fingerprint density at radius 2 is 2.04 bits per heavy atom. The van der Waals surface area contributed by atoms with Crippen LogP contribution in [0, 0.1) is 19.8 Å². The Labute approximate surface area is 186 Å². The highest BCUT2D eigenvalue weighted by atomic mass is 127. The van der Waals surface area contributed by atoms with Crippen LogP contribution < -0.4 is 10.6 Å². The third-order valence-corrected chi connectivity index (χ3v) is 5.25. The summed E-state index contributed by atoms with van der Waals surface area (Å²) in [6.45, 7) is 8.23. The molecule has 0 spiro atoms. The average molecular weight is 504 g/mol. The third-order valence-electron chi connectivity index (χ3n) is 5.25.